The summed E-state index contributed by atoms with van der Waals surface area (Å²) < 4.78 is 0. The average Bonchev–Trinajstić information content (AvgIpc) is 2.09. The normalized spacial score (nSPS) is 24.9. The fourth-order valence-corrected chi connectivity index (χ4v) is 1.63. The van der Waals surface area contributed by atoms with Crippen LogP contribution in [0.25, 0.3) is 0 Å². The lowest BCUT2D eigenvalue weighted by molar-refractivity contribution is 0.774. The predicted octanol–water partition coefficient (Wildman–Crippen LogP) is 3.79. The van der Waals surface area contributed by atoms with Crippen LogP contribution < -0.4 is 0 Å². The maximum Gasteiger partial charge on any atom is -0.0202 e. The highest BCUT2D eigenvalue weighted by molar-refractivity contribution is 5.48. The predicted molar refractivity (Wildman–Crippen MR) is 55.0 cm³/mol. The van der Waals surface area contributed by atoms with Gasteiger partial charge in [0.1, 0.15) is 0 Å². The first-order valence-corrected chi connectivity index (χ1v) is 4.46. The third kappa shape index (κ3) is 1.76. The van der Waals surface area contributed by atoms with Gasteiger partial charge >= 0.3 is 0 Å². The molecule has 1 aliphatic carbocycles. The van der Waals surface area contributed by atoms with Crippen molar-refractivity contribution in [1.82, 2.24) is 0 Å². The largest absolute Gasteiger partial charge is 0.0990 e. The summed E-state index contributed by atoms with van der Waals surface area (Å²) in [5, 5.41) is 0. The Labute approximate surface area is 75.0 Å². The van der Waals surface area contributed by atoms with E-state index in [-0.39, 0.29) is 0 Å². The second-order valence-electron chi connectivity index (χ2n) is 3.09. The van der Waals surface area contributed by atoms with Crippen molar-refractivity contribution < 1.29 is 0 Å². The van der Waals surface area contributed by atoms with Gasteiger partial charge in [-0.1, -0.05) is 31.4 Å². The van der Waals surface area contributed by atoms with E-state index in [2.05, 4.69) is 32.2 Å². The molecule has 0 atom stereocenters. The highest BCUT2D eigenvalue weighted by atomic mass is 14.2. The number of rotatable bonds is 1. The summed E-state index contributed by atoms with van der Waals surface area (Å²) in [6, 6.07) is 0. The molecule has 1 rings (SSSR count). The lowest BCUT2D eigenvalue weighted by Crippen LogP contribution is -2.00. The van der Waals surface area contributed by atoms with Crippen LogP contribution in [0.3, 0.4) is 0 Å². The molecule has 0 saturated heterocycles. The van der Waals surface area contributed by atoms with Crippen LogP contribution in [0.1, 0.15) is 26.2 Å². The van der Waals surface area contributed by atoms with E-state index >= 15 is 0 Å². The second-order valence-corrected chi connectivity index (χ2v) is 3.09. The summed E-state index contributed by atoms with van der Waals surface area (Å²) in [5.41, 5.74) is 3.99. The Kier molecular flexibility index (Phi) is 3.09. The minimum absolute atomic E-state index is 1.14. The summed E-state index contributed by atoms with van der Waals surface area (Å²) in [6.07, 6.45) is 9.66. The molecule has 12 heavy (non-hydrogen) atoms. The molecule has 0 nitrogen and oxygen atoms in total. The van der Waals surface area contributed by atoms with E-state index in [1.165, 1.54) is 29.6 Å². The summed E-state index contributed by atoms with van der Waals surface area (Å²) >= 11 is 0. The van der Waals surface area contributed by atoms with Crippen molar-refractivity contribution in [3.05, 3.63) is 48.1 Å². The first kappa shape index (κ1) is 9.05. The van der Waals surface area contributed by atoms with Gasteiger partial charge in [0.05, 0.1) is 0 Å². The maximum atomic E-state index is 4.06. The topological polar surface area (TPSA) is 0 Å². The van der Waals surface area contributed by atoms with E-state index in [0.717, 1.165) is 6.42 Å². The molecular formula is C12H16. The van der Waals surface area contributed by atoms with Gasteiger partial charge < -0.3 is 0 Å². The molecule has 0 radical (unpaired) electrons. The van der Waals surface area contributed by atoms with E-state index in [0.29, 0.717) is 0 Å². The van der Waals surface area contributed by atoms with Gasteiger partial charge in [0.25, 0.3) is 0 Å². The molecular weight excluding hydrogens is 144 g/mol. The Bertz CT molecular complexity index is 251. The van der Waals surface area contributed by atoms with Crippen molar-refractivity contribution >= 4 is 0 Å². The Hall–Kier alpha value is -1.04. The zero-order chi connectivity index (χ0) is 8.97. The Balaban J connectivity index is 2.95. The second kappa shape index (κ2) is 4.10. The lowest BCUT2D eigenvalue weighted by Gasteiger charge is -2.20. The van der Waals surface area contributed by atoms with Crippen LogP contribution in [0.15, 0.2) is 48.1 Å². The van der Waals surface area contributed by atoms with E-state index in [1.54, 1.807) is 0 Å². The number of allylic oxidation sites excluding steroid dienone is 6. The number of hydrogen-bond donors (Lipinski definition) is 0. The molecule has 0 aliphatic heterocycles. The standard InChI is InChI=1S/C12H16/c1-4-7-12-10(3)8-6-9-11(12)5-2/h4-5,7H,1,3,6,8-9H2,2H3/b11-5-,12-7-. The SMILES string of the molecule is C=C/C=C1/C(=C)CCC/C1=C/C. The molecule has 0 aromatic rings. The maximum absolute atomic E-state index is 4.06. The van der Waals surface area contributed by atoms with E-state index in [9.17, 15) is 0 Å². The van der Waals surface area contributed by atoms with Gasteiger partial charge in [-0.05, 0) is 42.9 Å². The molecule has 0 heteroatoms. The molecule has 0 heterocycles. The van der Waals surface area contributed by atoms with Crippen LogP contribution in [0, 0.1) is 0 Å². The molecule has 0 unspecified atom stereocenters. The van der Waals surface area contributed by atoms with Gasteiger partial charge in [-0.3, -0.25) is 0 Å². The van der Waals surface area contributed by atoms with Gasteiger partial charge in [0.2, 0.25) is 0 Å². The first-order valence-electron chi connectivity index (χ1n) is 4.46. The van der Waals surface area contributed by atoms with Crippen molar-refractivity contribution in [3.8, 4) is 0 Å². The Morgan fingerprint density at radius 2 is 2.08 bits per heavy atom. The van der Waals surface area contributed by atoms with Crippen LogP contribution in [-0.4, -0.2) is 0 Å². The minimum Gasteiger partial charge on any atom is -0.0990 e. The molecule has 64 valence electrons. The molecule has 0 amide bonds. The zero-order valence-electron chi connectivity index (χ0n) is 7.77. The summed E-state index contributed by atoms with van der Waals surface area (Å²) in [7, 11) is 0. The summed E-state index contributed by atoms with van der Waals surface area (Å²) in [5.74, 6) is 0. The van der Waals surface area contributed by atoms with Crippen LogP contribution in [0.5, 0.6) is 0 Å². The molecule has 0 spiro atoms. The third-order valence-electron chi connectivity index (χ3n) is 2.28. The first-order chi connectivity index (χ1) is 5.79. The van der Waals surface area contributed by atoms with Crippen molar-refractivity contribution in [2.45, 2.75) is 26.2 Å². The van der Waals surface area contributed by atoms with Gasteiger partial charge in [-0.15, -0.1) is 0 Å². The van der Waals surface area contributed by atoms with Gasteiger partial charge in [-0.25, -0.2) is 0 Å². The van der Waals surface area contributed by atoms with E-state index in [4.69, 9.17) is 0 Å². The Morgan fingerprint density at radius 1 is 1.33 bits per heavy atom. The summed E-state index contributed by atoms with van der Waals surface area (Å²) in [6.45, 7) is 9.86. The van der Waals surface area contributed by atoms with Gasteiger partial charge in [0.15, 0.2) is 0 Å². The zero-order valence-corrected chi connectivity index (χ0v) is 7.77. The third-order valence-corrected chi connectivity index (χ3v) is 2.28. The highest BCUT2D eigenvalue weighted by Crippen LogP contribution is 2.31. The molecule has 1 saturated carbocycles. The van der Waals surface area contributed by atoms with Crippen molar-refractivity contribution in [3.63, 3.8) is 0 Å². The molecule has 0 bridgehead atoms. The smallest absolute Gasteiger partial charge is 0.0202 e. The van der Waals surface area contributed by atoms with E-state index in [1.807, 2.05) is 6.08 Å². The van der Waals surface area contributed by atoms with Crippen molar-refractivity contribution in [1.29, 1.82) is 0 Å². The fourth-order valence-electron chi connectivity index (χ4n) is 1.63. The van der Waals surface area contributed by atoms with Crippen LogP contribution in [0.2, 0.25) is 0 Å². The highest BCUT2D eigenvalue weighted by Gasteiger charge is 2.12. The molecule has 0 aromatic carbocycles. The molecule has 0 aromatic heterocycles. The minimum atomic E-state index is 1.14. The van der Waals surface area contributed by atoms with Crippen LogP contribution in [-0.2, 0) is 0 Å². The lowest BCUT2D eigenvalue weighted by atomic mass is 9.86. The Morgan fingerprint density at radius 3 is 2.67 bits per heavy atom. The van der Waals surface area contributed by atoms with E-state index < -0.39 is 0 Å². The molecule has 0 N–H and O–H groups in total. The summed E-state index contributed by atoms with van der Waals surface area (Å²) in [4.78, 5) is 0. The molecule has 1 aliphatic rings. The van der Waals surface area contributed by atoms with Gasteiger partial charge in [0, 0.05) is 0 Å². The van der Waals surface area contributed by atoms with Crippen LogP contribution in [0.4, 0.5) is 0 Å². The molecule has 1 fully saturated rings. The fraction of sp³-hybridized carbons (Fsp3) is 0.333. The van der Waals surface area contributed by atoms with Crippen molar-refractivity contribution in [2.24, 2.45) is 0 Å². The van der Waals surface area contributed by atoms with Crippen LogP contribution >= 0.6 is 0 Å². The monoisotopic (exact) mass is 160 g/mol. The van der Waals surface area contributed by atoms with Crippen molar-refractivity contribution in [2.75, 3.05) is 0 Å². The quantitative estimate of drug-likeness (QED) is 0.547. The average molecular weight is 160 g/mol. The van der Waals surface area contributed by atoms with Gasteiger partial charge in [-0.2, -0.15) is 0 Å². The number of hydrogen-bond acceptors (Lipinski definition) is 0.